The molecule has 130 valence electrons. The first kappa shape index (κ1) is 16.8. The van der Waals surface area contributed by atoms with Crippen LogP contribution in [0.2, 0.25) is 0 Å². The van der Waals surface area contributed by atoms with Gasteiger partial charge in [-0.05, 0) is 30.7 Å². The molecule has 1 aliphatic heterocycles. The Hall–Kier alpha value is -3.02. The molecule has 2 amide bonds. The number of nitrogens with zero attached hydrogens (tertiary/aromatic N) is 1. The van der Waals surface area contributed by atoms with E-state index < -0.39 is 0 Å². The Morgan fingerprint density at radius 1 is 1.12 bits per heavy atom. The number of hydrogen-bond acceptors (Lipinski definition) is 4. The zero-order valence-electron chi connectivity index (χ0n) is 14.2. The maximum absolute atomic E-state index is 12.8. The number of methoxy groups -OCH3 is 2. The second-order valence-corrected chi connectivity index (χ2v) is 5.69. The molecule has 1 aliphatic rings. The first-order chi connectivity index (χ1) is 12.1. The predicted octanol–water partition coefficient (Wildman–Crippen LogP) is 3.08. The standard InChI is InChI=1S/C19H20N2O4/c1-24-13-9-10-15(17(12-13)25-2)20-19(23)14-6-3-4-7-16(14)21-11-5-8-18(21)22/h3-4,6-7,9-10,12H,5,8,11H2,1-2H3,(H,20,23). The third-order valence-electron chi connectivity index (χ3n) is 4.17. The van der Waals surface area contributed by atoms with Gasteiger partial charge in [0.05, 0.1) is 31.2 Å². The van der Waals surface area contributed by atoms with Gasteiger partial charge in [-0.25, -0.2) is 0 Å². The molecule has 1 saturated heterocycles. The van der Waals surface area contributed by atoms with Crippen molar-refractivity contribution in [1.29, 1.82) is 0 Å². The zero-order chi connectivity index (χ0) is 17.8. The van der Waals surface area contributed by atoms with Crippen LogP contribution in [0, 0.1) is 0 Å². The summed E-state index contributed by atoms with van der Waals surface area (Å²) in [6.45, 7) is 0.634. The second kappa shape index (κ2) is 7.25. The minimum Gasteiger partial charge on any atom is -0.497 e. The van der Waals surface area contributed by atoms with Crippen molar-refractivity contribution in [2.24, 2.45) is 0 Å². The van der Waals surface area contributed by atoms with Gasteiger partial charge in [0.15, 0.2) is 0 Å². The van der Waals surface area contributed by atoms with Gasteiger partial charge in [-0.1, -0.05) is 12.1 Å². The SMILES string of the molecule is COc1ccc(NC(=O)c2ccccc2N2CCCC2=O)c(OC)c1. The molecular weight excluding hydrogens is 320 g/mol. The van der Waals surface area contributed by atoms with Gasteiger partial charge in [0, 0.05) is 19.0 Å². The zero-order valence-corrected chi connectivity index (χ0v) is 14.2. The van der Waals surface area contributed by atoms with Crippen LogP contribution in [0.15, 0.2) is 42.5 Å². The van der Waals surface area contributed by atoms with Gasteiger partial charge >= 0.3 is 0 Å². The highest BCUT2D eigenvalue weighted by atomic mass is 16.5. The molecule has 25 heavy (non-hydrogen) atoms. The highest BCUT2D eigenvalue weighted by Crippen LogP contribution is 2.31. The lowest BCUT2D eigenvalue weighted by Crippen LogP contribution is -2.27. The summed E-state index contributed by atoms with van der Waals surface area (Å²) >= 11 is 0. The number of carbonyl (C=O) groups is 2. The van der Waals surface area contributed by atoms with Crippen molar-refractivity contribution in [2.75, 3.05) is 31.0 Å². The van der Waals surface area contributed by atoms with E-state index in [2.05, 4.69) is 5.32 Å². The Kier molecular flexibility index (Phi) is 4.88. The van der Waals surface area contributed by atoms with Crippen molar-refractivity contribution < 1.29 is 19.1 Å². The summed E-state index contributed by atoms with van der Waals surface area (Å²) in [5, 5.41) is 2.85. The lowest BCUT2D eigenvalue weighted by molar-refractivity contribution is -0.117. The molecule has 0 bridgehead atoms. The van der Waals surface area contributed by atoms with Gasteiger partial charge in [-0.3, -0.25) is 9.59 Å². The molecule has 6 nitrogen and oxygen atoms in total. The van der Waals surface area contributed by atoms with Crippen LogP contribution >= 0.6 is 0 Å². The molecule has 1 fully saturated rings. The van der Waals surface area contributed by atoms with Crippen LogP contribution in [0.25, 0.3) is 0 Å². The first-order valence-corrected chi connectivity index (χ1v) is 8.07. The van der Waals surface area contributed by atoms with E-state index in [1.807, 2.05) is 6.07 Å². The number of anilines is 2. The summed E-state index contributed by atoms with van der Waals surface area (Å²) in [6.07, 6.45) is 1.32. The van der Waals surface area contributed by atoms with Crippen molar-refractivity contribution >= 4 is 23.2 Å². The van der Waals surface area contributed by atoms with Gasteiger partial charge < -0.3 is 19.7 Å². The molecule has 0 aliphatic carbocycles. The van der Waals surface area contributed by atoms with Crippen molar-refractivity contribution in [1.82, 2.24) is 0 Å². The smallest absolute Gasteiger partial charge is 0.257 e. The Balaban J connectivity index is 1.89. The molecule has 0 spiro atoms. The highest BCUT2D eigenvalue weighted by Gasteiger charge is 2.25. The molecule has 2 aromatic rings. The average Bonchev–Trinajstić information content (AvgIpc) is 3.07. The number of para-hydroxylation sites is 1. The lowest BCUT2D eigenvalue weighted by Gasteiger charge is -2.19. The van der Waals surface area contributed by atoms with Crippen LogP contribution in [-0.2, 0) is 4.79 Å². The van der Waals surface area contributed by atoms with Crippen molar-refractivity contribution in [3.63, 3.8) is 0 Å². The van der Waals surface area contributed by atoms with Gasteiger partial charge in [0.1, 0.15) is 11.5 Å². The van der Waals surface area contributed by atoms with Gasteiger partial charge in [-0.15, -0.1) is 0 Å². The van der Waals surface area contributed by atoms with E-state index >= 15 is 0 Å². The molecule has 1 heterocycles. The van der Waals surface area contributed by atoms with Crippen molar-refractivity contribution in [2.45, 2.75) is 12.8 Å². The maximum atomic E-state index is 12.8. The van der Waals surface area contributed by atoms with Crippen molar-refractivity contribution in [3.05, 3.63) is 48.0 Å². The van der Waals surface area contributed by atoms with Gasteiger partial charge in [0.2, 0.25) is 5.91 Å². The van der Waals surface area contributed by atoms with E-state index in [9.17, 15) is 9.59 Å². The Labute approximate surface area is 146 Å². The molecule has 0 unspecified atom stereocenters. The van der Waals surface area contributed by atoms with E-state index in [-0.39, 0.29) is 11.8 Å². The minimum atomic E-state index is -0.293. The topological polar surface area (TPSA) is 67.9 Å². The fourth-order valence-corrected chi connectivity index (χ4v) is 2.90. The number of rotatable bonds is 5. The van der Waals surface area contributed by atoms with Crippen LogP contribution in [0.3, 0.4) is 0 Å². The summed E-state index contributed by atoms with van der Waals surface area (Å²) < 4.78 is 10.5. The van der Waals surface area contributed by atoms with Crippen LogP contribution in [0.5, 0.6) is 11.5 Å². The third kappa shape index (κ3) is 3.42. The number of amides is 2. The van der Waals surface area contributed by atoms with Crippen molar-refractivity contribution in [3.8, 4) is 11.5 Å². The van der Waals surface area contributed by atoms with Crippen LogP contribution in [0.1, 0.15) is 23.2 Å². The molecule has 1 N–H and O–H groups in total. The monoisotopic (exact) mass is 340 g/mol. The van der Waals surface area contributed by atoms with Gasteiger partial charge in [-0.2, -0.15) is 0 Å². The number of carbonyl (C=O) groups excluding carboxylic acids is 2. The fraction of sp³-hybridized carbons (Fsp3) is 0.263. The normalized spacial score (nSPS) is 13.7. The molecular formula is C19H20N2O4. The van der Waals surface area contributed by atoms with E-state index in [1.165, 1.54) is 7.11 Å². The molecule has 3 rings (SSSR count). The Bertz CT molecular complexity index is 804. The number of hydrogen-bond donors (Lipinski definition) is 1. The molecule has 0 aromatic heterocycles. The largest absolute Gasteiger partial charge is 0.497 e. The quantitative estimate of drug-likeness (QED) is 0.908. The van der Waals surface area contributed by atoms with E-state index in [0.29, 0.717) is 41.4 Å². The summed E-state index contributed by atoms with van der Waals surface area (Å²) in [4.78, 5) is 26.5. The summed E-state index contributed by atoms with van der Waals surface area (Å²) in [6, 6.07) is 12.3. The molecule has 0 saturated carbocycles. The van der Waals surface area contributed by atoms with E-state index in [0.717, 1.165) is 6.42 Å². The number of benzene rings is 2. The summed E-state index contributed by atoms with van der Waals surface area (Å²) in [7, 11) is 3.09. The number of ether oxygens (including phenoxy) is 2. The van der Waals surface area contributed by atoms with Crippen LogP contribution in [-0.4, -0.2) is 32.6 Å². The highest BCUT2D eigenvalue weighted by molar-refractivity contribution is 6.11. The first-order valence-electron chi connectivity index (χ1n) is 8.07. The minimum absolute atomic E-state index is 0.0438. The Morgan fingerprint density at radius 3 is 2.60 bits per heavy atom. The number of nitrogens with one attached hydrogen (secondary N) is 1. The average molecular weight is 340 g/mol. The Morgan fingerprint density at radius 2 is 1.92 bits per heavy atom. The fourth-order valence-electron chi connectivity index (χ4n) is 2.90. The van der Waals surface area contributed by atoms with E-state index in [1.54, 1.807) is 48.4 Å². The second-order valence-electron chi connectivity index (χ2n) is 5.69. The summed E-state index contributed by atoms with van der Waals surface area (Å²) in [5.41, 5.74) is 1.63. The predicted molar refractivity (Wildman–Crippen MR) is 95.5 cm³/mol. The van der Waals surface area contributed by atoms with E-state index in [4.69, 9.17) is 9.47 Å². The lowest BCUT2D eigenvalue weighted by atomic mass is 10.1. The third-order valence-corrected chi connectivity index (χ3v) is 4.17. The molecule has 0 radical (unpaired) electrons. The maximum Gasteiger partial charge on any atom is 0.257 e. The van der Waals surface area contributed by atoms with Crippen LogP contribution < -0.4 is 19.7 Å². The molecule has 0 atom stereocenters. The molecule has 6 heteroatoms. The summed E-state index contributed by atoms with van der Waals surface area (Å²) in [5.74, 6) is 0.890. The molecule has 2 aromatic carbocycles. The van der Waals surface area contributed by atoms with Crippen LogP contribution in [0.4, 0.5) is 11.4 Å². The van der Waals surface area contributed by atoms with Gasteiger partial charge in [0.25, 0.3) is 5.91 Å².